The van der Waals surface area contributed by atoms with Crippen LogP contribution in [-0.2, 0) is 11.2 Å². The second-order valence-corrected chi connectivity index (χ2v) is 6.10. The molecule has 0 saturated heterocycles. The fraction of sp³-hybridized carbons (Fsp3) is 0.625. The van der Waals surface area contributed by atoms with Crippen LogP contribution in [0.4, 0.5) is 0 Å². The Kier molecular flexibility index (Phi) is 7.66. The van der Waals surface area contributed by atoms with Gasteiger partial charge < -0.3 is 10.1 Å². The first-order valence-electron chi connectivity index (χ1n) is 7.10. The van der Waals surface area contributed by atoms with E-state index in [-0.39, 0.29) is 0 Å². The predicted octanol–water partition coefficient (Wildman–Crippen LogP) is 4.03. The van der Waals surface area contributed by atoms with E-state index >= 15 is 0 Å². The van der Waals surface area contributed by atoms with Crippen LogP contribution in [0.2, 0.25) is 0 Å². The third-order valence-corrected chi connectivity index (χ3v) is 4.50. The molecule has 0 bridgehead atoms. The Morgan fingerprint density at radius 1 is 1.16 bits per heavy atom. The summed E-state index contributed by atoms with van der Waals surface area (Å²) in [4.78, 5) is 0. The summed E-state index contributed by atoms with van der Waals surface area (Å²) in [5.41, 5.74) is 1.77. The van der Waals surface area contributed by atoms with Crippen LogP contribution in [-0.4, -0.2) is 26.8 Å². The molecule has 1 aromatic rings. The van der Waals surface area contributed by atoms with E-state index in [1.807, 2.05) is 0 Å². The molecule has 0 aliphatic heterocycles. The molecule has 1 rings (SSSR count). The first kappa shape index (κ1) is 16.7. The van der Waals surface area contributed by atoms with E-state index in [2.05, 4.69) is 59.4 Å². The molecule has 1 N–H and O–H groups in total. The molecule has 0 unspecified atom stereocenters. The van der Waals surface area contributed by atoms with E-state index in [4.69, 9.17) is 4.74 Å². The van der Waals surface area contributed by atoms with E-state index in [0.717, 1.165) is 30.6 Å². The van der Waals surface area contributed by atoms with Crippen molar-refractivity contribution in [1.29, 1.82) is 0 Å². The fourth-order valence-corrected chi connectivity index (χ4v) is 2.64. The van der Waals surface area contributed by atoms with Gasteiger partial charge in [-0.2, -0.15) is 0 Å². The maximum absolute atomic E-state index is 5.09. The van der Waals surface area contributed by atoms with Crippen LogP contribution in [0, 0.1) is 5.41 Å². The first-order valence-corrected chi connectivity index (χ1v) is 7.89. The second-order valence-electron chi connectivity index (χ2n) is 5.18. The molecule has 19 heavy (non-hydrogen) atoms. The Labute approximate surface area is 126 Å². The minimum Gasteiger partial charge on any atom is -0.383 e. The molecule has 108 valence electrons. The monoisotopic (exact) mass is 327 g/mol. The van der Waals surface area contributed by atoms with Crippen LogP contribution in [0.3, 0.4) is 0 Å². The average molecular weight is 328 g/mol. The fourth-order valence-electron chi connectivity index (χ4n) is 2.38. The molecule has 0 aliphatic carbocycles. The van der Waals surface area contributed by atoms with Gasteiger partial charge >= 0.3 is 0 Å². The molecule has 0 amide bonds. The topological polar surface area (TPSA) is 21.3 Å². The number of hydrogen-bond donors (Lipinski definition) is 1. The van der Waals surface area contributed by atoms with Crippen molar-refractivity contribution in [3.05, 3.63) is 34.3 Å². The van der Waals surface area contributed by atoms with Crippen molar-refractivity contribution in [2.45, 2.75) is 33.1 Å². The van der Waals surface area contributed by atoms with Gasteiger partial charge in [-0.1, -0.05) is 41.9 Å². The minimum atomic E-state index is 0.349. The van der Waals surface area contributed by atoms with Crippen molar-refractivity contribution in [3.8, 4) is 0 Å². The Balaban J connectivity index is 2.61. The van der Waals surface area contributed by atoms with Gasteiger partial charge in [-0.3, -0.25) is 0 Å². The normalized spacial score (nSPS) is 11.8. The molecule has 0 heterocycles. The zero-order valence-corrected chi connectivity index (χ0v) is 13.9. The van der Waals surface area contributed by atoms with Crippen molar-refractivity contribution >= 4 is 15.9 Å². The Morgan fingerprint density at radius 3 is 2.32 bits per heavy atom. The number of nitrogens with one attached hydrogen (secondary N) is 1. The quantitative estimate of drug-likeness (QED) is 0.691. The third kappa shape index (κ3) is 5.64. The smallest absolute Gasteiger partial charge is 0.0587 e. The molecule has 0 saturated carbocycles. The van der Waals surface area contributed by atoms with Gasteiger partial charge in [0.1, 0.15) is 0 Å². The van der Waals surface area contributed by atoms with Crippen molar-refractivity contribution in [2.24, 2.45) is 5.41 Å². The van der Waals surface area contributed by atoms with E-state index in [1.165, 1.54) is 18.4 Å². The first-order chi connectivity index (χ1) is 9.15. The molecule has 0 spiro atoms. The van der Waals surface area contributed by atoms with Gasteiger partial charge in [-0.25, -0.2) is 0 Å². The zero-order chi connectivity index (χ0) is 14.1. The lowest BCUT2D eigenvalue weighted by molar-refractivity contribution is 0.185. The molecule has 2 nitrogen and oxygen atoms in total. The van der Waals surface area contributed by atoms with Crippen LogP contribution in [0.25, 0.3) is 0 Å². The van der Waals surface area contributed by atoms with Crippen LogP contribution in [0.15, 0.2) is 28.7 Å². The van der Waals surface area contributed by atoms with Gasteiger partial charge in [-0.05, 0) is 42.4 Å². The summed E-state index contributed by atoms with van der Waals surface area (Å²) in [6, 6.07) is 8.70. The highest BCUT2D eigenvalue weighted by Gasteiger charge is 2.25. The third-order valence-electron chi connectivity index (χ3n) is 3.98. The summed E-state index contributed by atoms with van der Waals surface area (Å²) >= 11 is 3.49. The highest BCUT2D eigenvalue weighted by Crippen LogP contribution is 2.30. The minimum absolute atomic E-state index is 0.349. The Bertz CT molecular complexity index is 346. The highest BCUT2D eigenvalue weighted by molar-refractivity contribution is 9.10. The van der Waals surface area contributed by atoms with Crippen LogP contribution >= 0.6 is 15.9 Å². The van der Waals surface area contributed by atoms with Crippen molar-refractivity contribution < 1.29 is 4.74 Å². The number of hydrogen-bond acceptors (Lipinski definition) is 2. The largest absolute Gasteiger partial charge is 0.383 e. The summed E-state index contributed by atoms with van der Waals surface area (Å²) in [6.45, 7) is 7.35. The van der Waals surface area contributed by atoms with E-state index in [9.17, 15) is 0 Å². The summed E-state index contributed by atoms with van der Waals surface area (Å²) in [7, 11) is 1.75. The van der Waals surface area contributed by atoms with E-state index < -0.39 is 0 Å². The number of methoxy groups -OCH3 is 1. The average Bonchev–Trinajstić information content (AvgIpc) is 2.45. The summed E-state index contributed by atoms with van der Waals surface area (Å²) < 4.78 is 6.23. The summed E-state index contributed by atoms with van der Waals surface area (Å²) in [5, 5.41) is 3.53. The van der Waals surface area contributed by atoms with Gasteiger partial charge in [0.25, 0.3) is 0 Å². The van der Waals surface area contributed by atoms with Crippen molar-refractivity contribution in [3.63, 3.8) is 0 Å². The van der Waals surface area contributed by atoms with Crippen molar-refractivity contribution in [2.75, 3.05) is 26.8 Å². The Hall–Kier alpha value is -0.380. The summed E-state index contributed by atoms with van der Waals surface area (Å²) in [6.07, 6.45) is 3.52. The molecule has 1 aromatic carbocycles. The van der Waals surface area contributed by atoms with Crippen molar-refractivity contribution in [1.82, 2.24) is 5.32 Å². The predicted molar refractivity (Wildman–Crippen MR) is 85.6 cm³/mol. The molecule has 3 heteroatoms. The van der Waals surface area contributed by atoms with Gasteiger partial charge in [0.2, 0.25) is 0 Å². The zero-order valence-electron chi connectivity index (χ0n) is 12.3. The molecule has 0 aliphatic rings. The van der Waals surface area contributed by atoms with Crippen LogP contribution < -0.4 is 5.32 Å². The van der Waals surface area contributed by atoms with Crippen LogP contribution in [0.1, 0.15) is 32.3 Å². The van der Waals surface area contributed by atoms with Gasteiger partial charge in [0.05, 0.1) is 6.61 Å². The van der Waals surface area contributed by atoms with E-state index in [1.54, 1.807) is 7.11 Å². The lowest BCUT2D eigenvalue weighted by Gasteiger charge is -2.32. The highest BCUT2D eigenvalue weighted by atomic mass is 79.9. The lowest BCUT2D eigenvalue weighted by Crippen LogP contribution is -2.36. The molecule has 0 atom stereocenters. The lowest BCUT2D eigenvalue weighted by atomic mass is 9.77. The van der Waals surface area contributed by atoms with Crippen LogP contribution in [0.5, 0.6) is 0 Å². The number of benzene rings is 1. The SMILES string of the molecule is CCC(CC)(CNCCOC)Cc1ccc(Br)cc1. The number of ether oxygens (including phenoxy) is 1. The molecular formula is C16H26BrNO. The molecule has 0 aromatic heterocycles. The second kappa shape index (κ2) is 8.72. The standard InChI is InChI=1S/C16H26BrNO/c1-4-16(5-2,13-18-10-11-19-3)12-14-6-8-15(17)9-7-14/h6-9,18H,4-5,10-13H2,1-3H3. The van der Waals surface area contributed by atoms with Gasteiger partial charge in [0.15, 0.2) is 0 Å². The molecule has 0 radical (unpaired) electrons. The Morgan fingerprint density at radius 2 is 1.79 bits per heavy atom. The van der Waals surface area contributed by atoms with E-state index in [0.29, 0.717) is 5.41 Å². The van der Waals surface area contributed by atoms with Gasteiger partial charge in [-0.15, -0.1) is 0 Å². The molecule has 0 fully saturated rings. The maximum Gasteiger partial charge on any atom is 0.0587 e. The maximum atomic E-state index is 5.09. The number of rotatable bonds is 9. The van der Waals surface area contributed by atoms with Gasteiger partial charge in [0, 0.05) is 24.7 Å². The number of halogens is 1. The molecular weight excluding hydrogens is 302 g/mol. The summed E-state index contributed by atoms with van der Waals surface area (Å²) in [5.74, 6) is 0.